The summed E-state index contributed by atoms with van der Waals surface area (Å²) in [6, 6.07) is 0. The fourth-order valence-electron chi connectivity index (χ4n) is 5.82. The van der Waals surface area contributed by atoms with Gasteiger partial charge >= 0.3 is 12.1 Å². The molecule has 0 saturated heterocycles. The van der Waals surface area contributed by atoms with Gasteiger partial charge in [-0.25, -0.2) is 14.6 Å². The number of aromatic nitrogens is 1. The van der Waals surface area contributed by atoms with Gasteiger partial charge in [0.05, 0.1) is 24.0 Å². The molecule has 2 heterocycles. The lowest BCUT2D eigenvalue weighted by Crippen LogP contribution is -2.30. The molecule has 10 heteroatoms. The number of allylic oxidation sites excluding steroid dienone is 8. The third kappa shape index (κ3) is 14.9. The Hall–Kier alpha value is -3.57. The van der Waals surface area contributed by atoms with Gasteiger partial charge in [-0.3, -0.25) is 0 Å². The number of rotatable bonds is 6. The van der Waals surface area contributed by atoms with Crippen LogP contribution in [0.3, 0.4) is 0 Å². The molecule has 1 amide bonds. The number of carbonyl (C=O) groups excluding carboxylic acids is 2. The van der Waals surface area contributed by atoms with Gasteiger partial charge in [-0.1, -0.05) is 106 Å². The lowest BCUT2D eigenvalue weighted by molar-refractivity contribution is -0.145. The molecular weight excluding hydrogens is 665 g/mol. The van der Waals surface area contributed by atoms with Gasteiger partial charge in [0.1, 0.15) is 5.01 Å². The fourth-order valence-corrected chi connectivity index (χ4v) is 6.70. The first-order chi connectivity index (χ1) is 24.1. The summed E-state index contributed by atoms with van der Waals surface area (Å²) in [6.45, 7) is 17.8. The van der Waals surface area contributed by atoms with Crippen LogP contribution < -0.4 is 5.32 Å². The van der Waals surface area contributed by atoms with Crippen molar-refractivity contribution in [1.82, 2.24) is 10.3 Å². The minimum absolute atomic E-state index is 0.143. The van der Waals surface area contributed by atoms with Crippen molar-refractivity contribution < 1.29 is 34.0 Å². The predicted octanol–water partition coefficient (Wildman–Crippen LogP) is 8.67. The molecule has 0 aliphatic carbocycles. The Labute approximate surface area is 309 Å². The minimum atomic E-state index is -0.754. The van der Waals surface area contributed by atoms with E-state index in [0.717, 1.165) is 22.3 Å². The number of ether oxygens (including phenoxy) is 3. The van der Waals surface area contributed by atoms with Gasteiger partial charge in [-0.05, 0) is 52.0 Å². The van der Waals surface area contributed by atoms with Gasteiger partial charge in [0.2, 0.25) is 0 Å². The minimum Gasteiger partial charge on any atom is -0.452 e. The Bertz CT molecular complexity index is 1500. The molecule has 51 heavy (non-hydrogen) atoms. The number of amides is 1. The second kappa shape index (κ2) is 21.7. The van der Waals surface area contributed by atoms with Gasteiger partial charge in [0.15, 0.2) is 12.2 Å². The number of carbonyl (C=O) groups is 2. The van der Waals surface area contributed by atoms with E-state index in [9.17, 15) is 19.8 Å². The summed E-state index contributed by atoms with van der Waals surface area (Å²) in [4.78, 5) is 30.2. The van der Waals surface area contributed by atoms with Crippen LogP contribution in [-0.4, -0.2) is 59.7 Å². The maximum Gasteiger partial charge on any atom is 0.407 e. The molecule has 0 spiro atoms. The Morgan fingerprint density at radius 2 is 1.75 bits per heavy atom. The summed E-state index contributed by atoms with van der Waals surface area (Å²) in [7, 11) is 3.14. The Morgan fingerprint density at radius 1 is 1.04 bits per heavy atom. The van der Waals surface area contributed by atoms with E-state index in [1.807, 2.05) is 104 Å². The molecule has 2 rings (SSSR count). The number of alkyl carbamates (subject to hydrolysis) is 1. The molecule has 0 aromatic carbocycles. The molecule has 8 atom stereocenters. The third-order valence-corrected chi connectivity index (χ3v) is 9.64. The molecule has 0 bridgehead atoms. The van der Waals surface area contributed by atoms with Gasteiger partial charge in [0, 0.05) is 43.4 Å². The normalized spacial score (nSPS) is 33.0. The number of methoxy groups -OCH3 is 1. The summed E-state index contributed by atoms with van der Waals surface area (Å²) < 4.78 is 17.5. The first kappa shape index (κ1) is 43.6. The van der Waals surface area contributed by atoms with Crippen molar-refractivity contribution in [1.29, 1.82) is 0 Å². The number of hydrogen-bond acceptors (Lipinski definition) is 9. The first-order valence-electron chi connectivity index (χ1n) is 17.7. The van der Waals surface area contributed by atoms with Crippen molar-refractivity contribution in [3.63, 3.8) is 0 Å². The number of aliphatic hydroxyl groups excluding tert-OH is 2. The molecule has 0 unspecified atom stereocenters. The van der Waals surface area contributed by atoms with Crippen molar-refractivity contribution in [2.24, 2.45) is 23.7 Å². The highest BCUT2D eigenvalue weighted by Crippen LogP contribution is 2.34. The first-order valence-corrected chi connectivity index (χ1v) is 18.6. The van der Waals surface area contributed by atoms with Gasteiger partial charge in [-0.15, -0.1) is 11.3 Å². The molecule has 1 aliphatic rings. The van der Waals surface area contributed by atoms with Crippen molar-refractivity contribution in [3.8, 4) is 0 Å². The van der Waals surface area contributed by atoms with Crippen LogP contribution >= 0.6 is 11.3 Å². The SMILES string of the molecule is CNC(=O)O[C@@H](CC(C)C)c1nc([C@H]2OC(=O)/C=C\C/C(C)=C/[C@@H](O)[C@@H](C)\C=C(C)/C=C(C)\C=C/[C@@H](O)[C@H](C)[C@H](OC)/C(C)=C/C=C\[C@@H]2C)cs1. The highest BCUT2D eigenvalue weighted by molar-refractivity contribution is 7.09. The number of nitrogens with one attached hydrogen (secondary N) is 1. The molecular formula is C41H60N2O7S. The van der Waals surface area contributed by atoms with E-state index in [-0.39, 0.29) is 29.8 Å². The smallest absolute Gasteiger partial charge is 0.407 e. The lowest BCUT2D eigenvalue weighted by Gasteiger charge is -2.26. The maximum absolute atomic E-state index is 13.2. The van der Waals surface area contributed by atoms with E-state index in [1.54, 1.807) is 25.3 Å². The molecule has 1 aliphatic heterocycles. The quantitative estimate of drug-likeness (QED) is 0.197. The van der Waals surface area contributed by atoms with Crippen LogP contribution in [0.25, 0.3) is 0 Å². The van der Waals surface area contributed by atoms with Crippen LogP contribution in [0.5, 0.6) is 0 Å². The second-order valence-corrected chi connectivity index (χ2v) is 14.9. The zero-order chi connectivity index (χ0) is 38.2. The van der Waals surface area contributed by atoms with Crippen LogP contribution in [0, 0.1) is 23.7 Å². The van der Waals surface area contributed by atoms with Crippen LogP contribution in [0.4, 0.5) is 4.79 Å². The number of thiazole rings is 1. The number of esters is 1. The van der Waals surface area contributed by atoms with Crippen molar-refractivity contribution in [2.75, 3.05) is 14.2 Å². The number of nitrogens with zero attached hydrogens (tertiary/aromatic N) is 1. The molecule has 1 aromatic rings. The van der Waals surface area contributed by atoms with Crippen LogP contribution in [0.15, 0.2) is 88.4 Å². The summed E-state index contributed by atoms with van der Waals surface area (Å²) >= 11 is 1.36. The predicted molar refractivity (Wildman–Crippen MR) is 206 cm³/mol. The fraction of sp³-hybridized carbons (Fsp3) is 0.537. The highest BCUT2D eigenvalue weighted by Gasteiger charge is 2.28. The summed E-state index contributed by atoms with van der Waals surface area (Å²) in [5, 5.41) is 26.9. The van der Waals surface area contributed by atoms with Crippen molar-refractivity contribution in [3.05, 3.63) is 99.1 Å². The Kier molecular flexibility index (Phi) is 18.6. The Morgan fingerprint density at radius 3 is 2.39 bits per heavy atom. The van der Waals surface area contributed by atoms with Crippen LogP contribution in [-0.2, 0) is 19.0 Å². The summed E-state index contributed by atoms with van der Waals surface area (Å²) in [5.74, 6) is -0.937. The van der Waals surface area contributed by atoms with E-state index in [1.165, 1.54) is 24.5 Å². The van der Waals surface area contributed by atoms with Crippen molar-refractivity contribution in [2.45, 2.75) is 106 Å². The van der Waals surface area contributed by atoms with Crippen LogP contribution in [0.2, 0.25) is 0 Å². The van der Waals surface area contributed by atoms with Gasteiger partial charge in [0.25, 0.3) is 0 Å². The molecule has 9 nitrogen and oxygen atoms in total. The van der Waals surface area contributed by atoms with E-state index in [4.69, 9.17) is 19.2 Å². The number of hydrogen-bond donors (Lipinski definition) is 3. The van der Waals surface area contributed by atoms with E-state index in [0.29, 0.717) is 23.5 Å². The van der Waals surface area contributed by atoms with Crippen LogP contribution in [0.1, 0.15) is 98.1 Å². The third-order valence-electron chi connectivity index (χ3n) is 8.68. The summed E-state index contributed by atoms with van der Waals surface area (Å²) in [5.41, 5.74) is 4.37. The highest BCUT2D eigenvalue weighted by atomic mass is 32.1. The molecule has 282 valence electrons. The van der Waals surface area contributed by atoms with Crippen molar-refractivity contribution >= 4 is 23.4 Å². The van der Waals surface area contributed by atoms with E-state index < -0.39 is 36.5 Å². The molecule has 0 fully saturated rings. The monoisotopic (exact) mass is 724 g/mol. The summed E-state index contributed by atoms with van der Waals surface area (Å²) in [6.07, 6.45) is 15.9. The average Bonchev–Trinajstić information content (AvgIpc) is 3.55. The molecule has 3 N–H and O–H groups in total. The zero-order valence-corrected chi connectivity index (χ0v) is 33.1. The average molecular weight is 725 g/mol. The number of aliphatic hydroxyl groups is 2. The molecule has 0 saturated carbocycles. The van der Waals surface area contributed by atoms with Gasteiger partial charge < -0.3 is 29.7 Å². The number of cyclic esters (lactones) is 1. The Balaban J connectivity index is 2.55. The standard InChI is InChI=1S/C41H60N2O7S/c1-25(2)20-36(49-41(47)42-10)40-43-33(24-51-40)39-30(7)16-13-15-29(6)38(48-11)32(9)34(44)19-18-27(4)21-28(5)22-31(8)35(45)23-26(3)14-12-17-37(46)50-39/h12-13,15-19,21-25,30-32,34-36,38-39,44-45H,14,20H2,1-11H3,(H,42,47)/b16-13-,17-12-,19-18-,26-23+,27-21-,28-22-,29-15+/t30-,31-,32-,34+,35+,36-,38+,39-/m0/s1. The molecule has 0 radical (unpaired) electrons. The van der Waals surface area contributed by atoms with E-state index in [2.05, 4.69) is 5.32 Å². The second-order valence-electron chi connectivity index (χ2n) is 14.0. The zero-order valence-electron chi connectivity index (χ0n) is 32.3. The largest absolute Gasteiger partial charge is 0.452 e. The lowest BCUT2D eigenvalue weighted by atomic mass is 9.91. The molecule has 1 aromatic heterocycles. The topological polar surface area (TPSA) is 127 Å². The maximum atomic E-state index is 13.2. The van der Waals surface area contributed by atoms with Gasteiger partial charge in [-0.2, -0.15) is 0 Å². The van der Waals surface area contributed by atoms with E-state index >= 15 is 0 Å².